The summed E-state index contributed by atoms with van der Waals surface area (Å²) in [5.74, 6) is -0.0390. The lowest BCUT2D eigenvalue weighted by molar-refractivity contribution is 0.454. The molecule has 1 heterocycles. The van der Waals surface area contributed by atoms with Gasteiger partial charge in [-0.1, -0.05) is 12.1 Å². The van der Waals surface area contributed by atoms with Crippen molar-refractivity contribution in [1.82, 2.24) is 0 Å². The number of hydrogen-bond acceptors (Lipinski definition) is 4. The maximum Gasteiger partial charge on any atom is 0.349 e. The van der Waals surface area contributed by atoms with E-state index in [2.05, 4.69) is 12.6 Å². The number of aromatic hydroxyl groups is 1. The van der Waals surface area contributed by atoms with Crippen molar-refractivity contribution < 1.29 is 9.52 Å². The van der Waals surface area contributed by atoms with Crippen LogP contribution in [-0.2, 0) is 0 Å². The van der Waals surface area contributed by atoms with Gasteiger partial charge in [0.2, 0.25) is 0 Å². The lowest BCUT2D eigenvalue weighted by atomic mass is 10.2. The Labute approximate surface area is 79.0 Å². The highest BCUT2D eigenvalue weighted by atomic mass is 32.1. The molecule has 0 saturated carbocycles. The summed E-state index contributed by atoms with van der Waals surface area (Å²) in [4.78, 5) is 11.3. The standard InChI is InChI=1S/C9H6O3S/c10-6-3-1-2-5-4-7(13)9(11)12-8(5)6/h1-4,10,13H. The lowest BCUT2D eigenvalue weighted by Gasteiger charge is -1.98. The molecule has 13 heavy (non-hydrogen) atoms. The first kappa shape index (κ1) is 8.19. The Kier molecular flexibility index (Phi) is 1.77. The predicted octanol–water partition coefficient (Wildman–Crippen LogP) is 1.79. The predicted molar refractivity (Wildman–Crippen MR) is 51.4 cm³/mol. The number of hydrogen-bond donors (Lipinski definition) is 2. The van der Waals surface area contributed by atoms with Crippen molar-refractivity contribution in [2.75, 3.05) is 0 Å². The maximum atomic E-state index is 11.0. The number of para-hydroxylation sites is 1. The largest absolute Gasteiger partial charge is 0.504 e. The van der Waals surface area contributed by atoms with Crippen molar-refractivity contribution >= 4 is 23.6 Å². The van der Waals surface area contributed by atoms with Gasteiger partial charge in [0.15, 0.2) is 11.3 Å². The smallest absolute Gasteiger partial charge is 0.349 e. The molecule has 66 valence electrons. The van der Waals surface area contributed by atoms with E-state index in [0.29, 0.717) is 5.39 Å². The Morgan fingerprint density at radius 1 is 1.38 bits per heavy atom. The van der Waals surface area contributed by atoms with Crippen LogP contribution in [0.1, 0.15) is 0 Å². The summed E-state index contributed by atoms with van der Waals surface area (Å²) in [6.45, 7) is 0. The molecule has 0 aliphatic heterocycles. The minimum Gasteiger partial charge on any atom is -0.504 e. The molecule has 0 aliphatic rings. The number of fused-ring (bicyclic) bond motifs is 1. The summed E-state index contributed by atoms with van der Waals surface area (Å²) in [5.41, 5.74) is -0.345. The van der Waals surface area contributed by atoms with E-state index in [1.807, 2.05) is 0 Å². The van der Waals surface area contributed by atoms with Crippen molar-refractivity contribution in [1.29, 1.82) is 0 Å². The zero-order valence-corrected chi connectivity index (χ0v) is 7.41. The fraction of sp³-hybridized carbons (Fsp3) is 0. The van der Waals surface area contributed by atoms with Gasteiger partial charge in [-0.2, -0.15) is 0 Å². The molecule has 0 spiro atoms. The average molecular weight is 194 g/mol. The zero-order chi connectivity index (χ0) is 9.42. The first-order chi connectivity index (χ1) is 6.18. The SMILES string of the molecule is O=c1oc2c(O)cccc2cc1S. The van der Waals surface area contributed by atoms with E-state index in [-0.39, 0.29) is 16.2 Å². The molecule has 0 fully saturated rings. The zero-order valence-electron chi connectivity index (χ0n) is 6.52. The van der Waals surface area contributed by atoms with Crippen LogP contribution in [0.4, 0.5) is 0 Å². The fourth-order valence-electron chi connectivity index (χ4n) is 1.12. The van der Waals surface area contributed by atoms with Crippen LogP contribution in [0.5, 0.6) is 5.75 Å². The molecule has 0 aliphatic carbocycles. The van der Waals surface area contributed by atoms with Crippen LogP contribution in [0.25, 0.3) is 11.0 Å². The van der Waals surface area contributed by atoms with Crippen LogP contribution in [0.3, 0.4) is 0 Å². The minimum atomic E-state index is -0.544. The van der Waals surface area contributed by atoms with Crippen molar-refractivity contribution in [2.24, 2.45) is 0 Å². The molecule has 1 aromatic heterocycles. The van der Waals surface area contributed by atoms with Crippen LogP contribution in [-0.4, -0.2) is 5.11 Å². The van der Waals surface area contributed by atoms with E-state index in [9.17, 15) is 9.90 Å². The average Bonchev–Trinajstić information content (AvgIpc) is 2.09. The van der Waals surface area contributed by atoms with Gasteiger partial charge in [0.25, 0.3) is 0 Å². The molecule has 2 rings (SSSR count). The first-order valence-electron chi connectivity index (χ1n) is 3.63. The highest BCUT2D eigenvalue weighted by molar-refractivity contribution is 7.80. The number of phenols is 1. The summed E-state index contributed by atoms with van der Waals surface area (Å²) < 4.78 is 4.84. The third-order valence-corrected chi connectivity index (χ3v) is 2.03. The van der Waals surface area contributed by atoms with Gasteiger partial charge in [-0.05, 0) is 12.1 Å². The van der Waals surface area contributed by atoms with Crippen LogP contribution in [0.15, 0.2) is 38.4 Å². The molecular formula is C9H6O3S. The first-order valence-corrected chi connectivity index (χ1v) is 4.08. The van der Waals surface area contributed by atoms with Gasteiger partial charge >= 0.3 is 5.63 Å². The maximum absolute atomic E-state index is 11.0. The van der Waals surface area contributed by atoms with Gasteiger partial charge in [0.1, 0.15) is 0 Å². The van der Waals surface area contributed by atoms with Gasteiger partial charge < -0.3 is 9.52 Å². The van der Waals surface area contributed by atoms with Crippen molar-refractivity contribution in [3.63, 3.8) is 0 Å². The van der Waals surface area contributed by atoms with Crippen molar-refractivity contribution in [3.05, 3.63) is 34.7 Å². The lowest BCUT2D eigenvalue weighted by Crippen LogP contribution is -1.98. The van der Waals surface area contributed by atoms with E-state index in [0.717, 1.165) is 0 Å². The van der Waals surface area contributed by atoms with Crippen LogP contribution >= 0.6 is 12.6 Å². The van der Waals surface area contributed by atoms with E-state index < -0.39 is 5.63 Å². The number of benzene rings is 1. The van der Waals surface area contributed by atoms with Crippen molar-refractivity contribution in [3.8, 4) is 5.75 Å². The second kappa shape index (κ2) is 2.81. The summed E-state index contributed by atoms with van der Waals surface area (Å²) in [6, 6.07) is 6.43. The summed E-state index contributed by atoms with van der Waals surface area (Å²) in [7, 11) is 0. The molecule has 0 unspecified atom stereocenters. The van der Waals surface area contributed by atoms with Crippen LogP contribution < -0.4 is 5.63 Å². The van der Waals surface area contributed by atoms with Gasteiger partial charge in [-0.3, -0.25) is 0 Å². The second-order valence-corrected chi connectivity index (χ2v) is 3.10. The Morgan fingerprint density at radius 3 is 2.92 bits per heavy atom. The Morgan fingerprint density at radius 2 is 2.15 bits per heavy atom. The number of rotatable bonds is 0. The van der Waals surface area contributed by atoms with Gasteiger partial charge in [0, 0.05) is 5.39 Å². The Hall–Kier alpha value is -1.42. The number of phenolic OH excluding ortho intramolecular Hbond substituents is 1. The monoisotopic (exact) mass is 194 g/mol. The van der Waals surface area contributed by atoms with E-state index in [1.165, 1.54) is 6.07 Å². The third kappa shape index (κ3) is 1.29. The molecule has 0 saturated heterocycles. The highest BCUT2D eigenvalue weighted by Crippen LogP contribution is 2.23. The minimum absolute atomic E-state index is 0.0390. The van der Waals surface area contributed by atoms with Gasteiger partial charge in [-0.15, -0.1) is 12.6 Å². The summed E-state index contributed by atoms with van der Waals surface area (Å²) >= 11 is 3.92. The highest BCUT2D eigenvalue weighted by Gasteiger charge is 2.04. The normalized spacial score (nSPS) is 10.5. The molecule has 0 radical (unpaired) electrons. The molecule has 0 amide bonds. The molecule has 0 atom stereocenters. The Balaban J connectivity index is 2.97. The van der Waals surface area contributed by atoms with E-state index in [1.54, 1.807) is 18.2 Å². The Bertz CT molecular complexity index is 516. The third-order valence-electron chi connectivity index (χ3n) is 1.72. The molecule has 4 heteroatoms. The van der Waals surface area contributed by atoms with Gasteiger partial charge in [0.05, 0.1) is 4.90 Å². The quantitative estimate of drug-likeness (QED) is 0.496. The molecule has 2 aromatic rings. The number of thiol groups is 1. The fourth-order valence-corrected chi connectivity index (χ4v) is 1.30. The van der Waals surface area contributed by atoms with E-state index in [4.69, 9.17) is 4.42 Å². The van der Waals surface area contributed by atoms with Crippen molar-refractivity contribution in [2.45, 2.75) is 4.90 Å². The topological polar surface area (TPSA) is 50.4 Å². The molecule has 0 bridgehead atoms. The van der Waals surface area contributed by atoms with Crippen LogP contribution in [0, 0.1) is 0 Å². The summed E-state index contributed by atoms with van der Waals surface area (Å²) in [5, 5.41) is 9.99. The second-order valence-electron chi connectivity index (χ2n) is 2.61. The molecular weight excluding hydrogens is 188 g/mol. The molecule has 3 nitrogen and oxygen atoms in total. The summed E-state index contributed by atoms with van der Waals surface area (Å²) in [6.07, 6.45) is 0. The van der Waals surface area contributed by atoms with Crippen LogP contribution in [0.2, 0.25) is 0 Å². The van der Waals surface area contributed by atoms with E-state index >= 15 is 0 Å². The molecule has 1 N–H and O–H groups in total. The molecule has 1 aromatic carbocycles. The van der Waals surface area contributed by atoms with Gasteiger partial charge in [-0.25, -0.2) is 4.79 Å².